The second-order valence-corrected chi connectivity index (χ2v) is 7.40. The van der Waals surface area contributed by atoms with E-state index in [1.54, 1.807) is 41.3 Å². The number of benzene rings is 2. The van der Waals surface area contributed by atoms with Crippen LogP contribution in [-0.4, -0.2) is 62.5 Å². The van der Waals surface area contributed by atoms with Gasteiger partial charge in [-0.25, -0.2) is 0 Å². The molecule has 2 aliphatic heterocycles. The van der Waals surface area contributed by atoms with Gasteiger partial charge >= 0.3 is 0 Å². The van der Waals surface area contributed by atoms with Gasteiger partial charge in [-0.15, -0.1) is 0 Å². The van der Waals surface area contributed by atoms with Crippen LogP contribution in [0.25, 0.3) is 0 Å². The Morgan fingerprint density at radius 2 is 1.81 bits per heavy atom. The lowest BCUT2D eigenvalue weighted by molar-refractivity contribution is -0.131. The average molecular weight is 424 g/mol. The zero-order chi connectivity index (χ0) is 21.8. The molecule has 2 aromatic rings. The molecule has 162 valence electrons. The van der Waals surface area contributed by atoms with E-state index in [0.717, 1.165) is 12.8 Å². The number of hydrogen-bond acceptors (Lipinski definition) is 6. The quantitative estimate of drug-likeness (QED) is 0.634. The number of likely N-dealkylation sites (tertiary alicyclic amines) is 1. The number of ketones is 1. The standard InChI is InChI=1S/C23H24N2O6/c1-29-20-6-2-3-7-21(20)30-14-18(26)16-8-9-19-17(12-16)25(23(28)15-31-19)13-22(27)24-10-4-5-11-24/h2-3,6-9,12H,4-5,10-11,13-15H2,1H3. The Labute approximate surface area is 180 Å². The van der Waals surface area contributed by atoms with Crippen LogP contribution in [0.3, 0.4) is 0 Å². The number of carbonyl (C=O) groups is 3. The fourth-order valence-electron chi connectivity index (χ4n) is 3.72. The number of ether oxygens (including phenoxy) is 3. The molecular formula is C23H24N2O6. The van der Waals surface area contributed by atoms with E-state index in [1.807, 2.05) is 6.07 Å². The lowest BCUT2D eigenvalue weighted by Crippen LogP contribution is -2.46. The van der Waals surface area contributed by atoms with Crippen molar-refractivity contribution in [3.63, 3.8) is 0 Å². The van der Waals surface area contributed by atoms with Crippen molar-refractivity contribution in [2.45, 2.75) is 12.8 Å². The molecule has 0 aromatic heterocycles. The summed E-state index contributed by atoms with van der Waals surface area (Å²) in [6.45, 7) is 1.03. The van der Waals surface area contributed by atoms with Gasteiger partial charge in [0.15, 0.2) is 30.5 Å². The lowest BCUT2D eigenvalue weighted by Gasteiger charge is -2.30. The highest BCUT2D eigenvalue weighted by atomic mass is 16.5. The van der Waals surface area contributed by atoms with Crippen LogP contribution < -0.4 is 19.1 Å². The first-order chi connectivity index (χ1) is 15.1. The van der Waals surface area contributed by atoms with Crippen LogP contribution in [0.1, 0.15) is 23.2 Å². The van der Waals surface area contributed by atoms with Crippen molar-refractivity contribution < 1.29 is 28.6 Å². The fourth-order valence-corrected chi connectivity index (χ4v) is 3.72. The molecule has 1 fully saturated rings. The van der Waals surface area contributed by atoms with E-state index >= 15 is 0 Å². The van der Waals surface area contributed by atoms with Gasteiger partial charge in [0.05, 0.1) is 12.8 Å². The van der Waals surface area contributed by atoms with Crippen molar-refractivity contribution in [1.29, 1.82) is 0 Å². The Balaban J connectivity index is 1.50. The summed E-state index contributed by atoms with van der Waals surface area (Å²) in [4.78, 5) is 41.0. The molecule has 2 aromatic carbocycles. The van der Waals surface area contributed by atoms with Gasteiger partial charge in [0.25, 0.3) is 5.91 Å². The maximum Gasteiger partial charge on any atom is 0.265 e. The zero-order valence-electron chi connectivity index (χ0n) is 17.3. The third-order valence-electron chi connectivity index (χ3n) is 5.40. The second kappa shape index (κ2) is 9.07. The molecule has 1 saturated heterocycles. The molecule has 0 atom stereocenters. The summed E-state index contributed by atoms with van der Waals surface area (Å²) in [5, 5.41) is 0. The van der Waals surface area contributed by atoms with Crippen LogP contribution in [0.4, 0.5) is 5.69 Å². The molecule has 0 bridgehead atoms. The number of amides is 2. The van der Waals surface area contributed by atoms with E-state index in [0.29, 0.717) is 41.6 Å². The fraction of sp³-hybridized carbons (Fsp3) is 0.348. The third-order valence-corrected chi connectivity index (χ3v) is 5.40. The minimum atomic E-state index is -0.310. The van der Waals surface area contributed by atoms with Crippen LogP contribution in [-0.2, 0) is 9.59 Å². The van der Waals surface area contributed by atoms with E-state index in [2.05, 4.69) is 0 Å². The van der Waals surface area contributed by atoms with Crippen molar-refractivity contribution in [3.8, 4) is 17.2 Å². The molecule has 2 heterocycles. The van der Waals surface area contributed by atoms with Crippen LogP contribution in [0.5, 0.6) is 17.2 Å². The third kappa shape index (κ3) is 4.47. The molecule has 0 saturated carbocycles. The van der Waals surface area contributed by atoms with Crippen LogP contribution in [0.15, 0.2) is 42.5 Å². The van der Waals surface area contributed by atoms with E-state index in [1.165, 1.54) is 12.0 Å². The number of fused-ring (bicyclic) bond motifs is 1. The Bertz CT molecular complexity index is 999. The Morgan fingerprint density at radius 3 is 2.55 bits per heavy atom. The zero-order valence-corrected chi connectivity index (χ0v) is 17.3. The van der Waals surface area contributed by atoms with Gasteiger partial charge in [-0.05, 0) is 43.2 Å². The maximum absolute atomic E-state index is 12.7. The molecule has 0 radical (unpaired) electrons. The second-order valence-electron chi connectivity index (χ2n) is 7.40. The molecule has 8 nitrogen and oxygen atoms in total. The predicted octanol–water partition coefficient (Wildman–Crippen LogP) is 2.30. The Kier molecular flexibility index (Phi) is 6.06. The highest BCUT2D eigenvalue weighted by Crippen LogP contribution is 2.33. The summed E-state index contributed by atoms with van der Waals surface area (Å²) in [5.74, 6) is 0.789. The molecule has 0 aliphatic carbocycles. The molecule has 31 heavy (non-hydrogen) atoms. The van der Waals surface area contributed by atoms with Crippen molar-refractivity contribution in [2.75, 3.05) is 44.9 Å². The summed E-state index contributed by atoms with van der Waals surface area (Å²) in [6.07, 6.45) is 1.95. The first-order valence-electron chi connectivity index (χ1n) is 10.2. The molecule has 4 rings (SSSR count). The highest BCUT2D eigenvalue weighted by molar-refractivity contribution is 6.04. The molecule has 0 N–H and O–H groups in total. The molecule has 2 aliphatic rings. The van der Waals surface area contributed by atoms with Gasteiger partial charge in [0, 0.05) is 18.7 Å². The average Bonchev–Trinajstić information content (AvgIpc) is 3.34. The van der Waals surface area contributed by atoms with Gasteiger partial charge in [0.1, 0.15) is 12.3 Å². The molecule has 0 spiro atoms. The number of hydrogen-bond donors (Lipinski definition) is 0. The topological polar surface area (TPSA) is 85.4 Å². The van der Waals surface area contributed by atoms with Crippen molar-refractivity contribution in [3.05, 3.63) is 48.0 Å². The molecule has 0 unspecified atom stereocenters. The first kappa shape index (κ1) is 20.7. The molecule has 2 amide bonds. The maximum atomic E-state index is 12.7. The SMILES string of the molecule is COc1ccccc1OCC(=O)c1ccc2c(c1)N(CC(=O)N1CCCC1)C(=O)CO2. The number of anilines is 1. The van der Waals surface area contributed by atoms with Crippen LogP contribution in [0, 0.1) is 0 Å². The Hall–Kier alpha value is -3.55. The minimum absolute atomic E-state index is 0.0649. The van der Waals surface area contributed by atoms with E-state index in [9.17, 15) is 14.4 Å². The van der Waals surface area contributed by atoms with Gasteiger partial charge in [-0.2, -0.15) is 0 Å². The number of rotatable bonds is 7. The van der Waals surface area contributed by atoms with Crippen molar-refractivity contribution in [1.82, 2.24) is 4.90 Å². The van der Waals surface area contributed by atoms with Crippen molar-refractivity contribution in [2.24, 2.45) is 0 Å². The molecule has 8 heteroatoms. The van der Waals surface area contributed by atoms with E-state index in [-0.39, 0.29) is 37.4 Å². The van der Waals surface area contributed by atoms with E-state index in [4.69, 9.17) is 14.2 Å². The summed E-state index contributed by atoms with van der Waals surface area (Å²) in [7, 11) is 1.53. The number of methoxy groups -OCH3 is 1. The van der Waals surface area contributed by atoms with Crippen LogP contribution >= 0.6 is 0 Å². The lowest BCUT2D eigenvalue weighted by atomic mass is 10.1. The largest absolute Gasteiger partial charge is 0.493 e. The monoisotopic (exact) mass is 424 g/mol. The number of carbonyl (C=O) groups excluding carboxylic acids is 3. The number of Topliss-reactive ketones (excluding diaryl/α,β-unsaturated/α-hetero) is 1. The van der Waals surface area contributed by atoms with Gasteiger partial charge in [-0.3, -0.25) is 19.3 Å². The summed E-state index contributed by atoms with van der Waals surface area (Å²) in [6, 6.07) is 11.9. The van der Waals surface area contributed by atoms with Gasteiger partial charge in [0.2, 0.25) is 5.91 Å². The van der Waals surface area contributed by atoms with Crippen molar-refractivity contribution >= 4 is 23.3 Å². The Morgan fingerprint density at radius 1 is 1.06 bits per heavy atom. The summed E-state index contributed by atoms with van der Waals surface area (Å²) < 4.78 is 16.3. The summed E-state index contributed by atoms with van der Waals surface area (Å²) >= 11 is 0. The van der Waals surface area contributed by atoms with Gasteiger partial charge in [-0.1, -0.05) is 12.1 Å². The van der Waals surface area contributed by atoms with E-state index < -0.39 is 0 Å². The first-order valence-corrected chi connectivity index (χ1v) is 10.2. The normalized spacial score (nSPS) is 15.3. The predicted molar refractivity (Wildman–Crippen MR) is 113 cm³/mol. The number of para-hydroxylation sites is 2. The smallest absolute Gasteiger partial charge is 0.265 e. The van der Waals surface area contributed by atoms with Crippen LogP contribution in [0.2, 0.25) is 0 Å². The van der Waals surface area contributed by atoms with Gasteiger partial charge < -0.3 is 19.1 Å². The highest BCUT2D eigenvalue weighted by Gasteiger charge is 2.30. The molecular weight excluding hydrogens is 400 g/mol. The summed E-state index contributed by atoms with van der Waals surface area (Å²) in [5.41, 5.74) is 0.789. The number of nitrogens with zero attached hydrogens (tertiary/aromatic N) is 2. The minimum Gasteiger partial charge on any atom is -0.493 e.